The Balaban J connectivity index is 4.54. The third-order valence-electron chi connectivity index (χ3n) is 9.91. The summed E-state index contributed by atoms with van der Waals surface area (Å²) in [6.07, 6.45) is 43.8. The molecule has 11 nitrogen and oxygen atoms in total. The maximum atomic E-state index is 12.7. The number of esters is 2. The molecule has 0 aromatic carbocycles. The average Bonchev–Trinajstić information content (AvgIpc) is 3.22. The lowest BCUT2D eigenvalue weighted by molar-refractivity contribution is -0.870. The number of carbonyl (C=O) groups excluding carboxylic acids is 2. The van der Waals surface area contributed by atoms with Gasteiger partial charge in [-0.1, -0.05) is 145 Å². The number of phosphoric acid groups is 1. The van der Waals surface area contributed by atoms with Crippen LogP contribution in [0.25, 0.3) is 0 Å². The van der Waals surface area contributed by atoms with Crippen molar-refractivity contribution in [2.24, 2.45) is 0 Å². The van der Waals surface area contributed by atoms with Gasteiger partial charge in [0.25, 0.3) is 7.82 Å². The second kappa shape index (κ2) is 41.1. The molecule has 0 fully saturated rings. The van der Waals surface area contributed by atoms with Crippen molar-refractivity contribution in [2.45, 2.75) is 186 Å². The Bertz CT molecular complexity index is 1320. The van der Waals surface area contributed by atoms with E-state index in [0.717, 1.165) is 57.8 Å². The molecule has 12 heteroatoms. The van der Waals surface area contributed by atoms with Crippen molar-refractivity contribution in [2.75, 3.05) is 47.5 Å². The summed E-state index contributed by atoms with van der Waals surface area (Å²) in [4.78, 5) is 37.7. The van der Waals surface area contributed by atoms with E-state index < -0.39 is 51.3 Å². The topological polar surface area (TPSA) is 152 Å². The number of unbranched alkanes of at least 4 members (excludes halogenated alkanes) is 12. The first-order valence-corrected chi connectivity index (χ1v) is 25.3. The molecule has 0 aromatic rings. The lowest BCUT2D eigenvalue weighted by atomic mass is 10.0. The average molecular weight is 894 g/mol. The fraction of sp³-hybridized carbons (Fsp3) is 0.720. The maximum Gasteiger partial charge on any atom is 0.306 e. The van der Waals surface area contributed by atoms with Gasteiger partial charge in [0.15, 0.2) is 6.10 Å². The Kier molecular flexibility index (Phi) is 39.4. The van der Waals surface area contributed by atoms with Crippen LogP contribution in [0.2, 0.25) is 0 Å². The van der Waals surface area contributed by atoms with E-state index in [9.17, 15) is 29.3 Å². The number of allylic oxidation sites excluding steroid dienone is 11. The smallest absolute Gasteiger partial charge is 0.306 e. The number of nitrogens with zero attached hydrogens (tertiary/aromatic N) is 1. The van der Waals surface area contributed by atoms with Crippen molar-refractivity contribution in [3.63, 3.8) is 0 Å². The number of aliphatic hydroxyl groups excluding tert-OH is 2. The molecule has 0 aromatic heterocycles. The molecular formula is C50H88NO10P. The van der Waals surface area contributed by atoms with E-state index in [1.807, 2.05) is 33.3 Å². The predicted molar refractivity (Wildman–Crippen MR) is 252 cm³/mol. The Labute approximate surface area is 377 Å². The van der Waals surface area contributed by atoms with E-state index in [4.69, 9.17) is 18.5 Å². The summed E-state index contributed by atoms with van der Waals surface area (Å²) in [6.45, 7) is 3.74. The van der Waals surface area contributed by atoms with E-state index in [-0.39, 0.29) is 38.7 Å². The van der Waals surface area contributed by atoms with Gasteiger partial charge in [-0.25, -0.2) is 0 Å². The van der Waals surface area contributed by atoms with Crippen LogP contribution >= 0.6 is 7.82 Å². The fourth-order valence-electron chi connectivity index (χ4n) is 6.07. The summed E-state index contributed by atoms with van der Waals surface area (Å²) in [5, 5.41) is 20.7. The highest BCUT2D eigenvalue weighted by molar-refractivity contribution is 7.45. The van der Waals surface area contributed by atoms with Crippen LogP contribution in [0.1, 0.15) is 168 Å². The van der Waals surface area contributed by atoms with Crippen molar-refractivity contribution in [3.8, 4) is 0 Å². The van der Waals surface area contributed by atoms with Crippen molar-refractivity contribution < 1.29 is 52.3 Å². The van der Waals surface area contributed by atoms with Crippen molar-refractivity contribution in [1.29, 1.82) is 0 Å². The summed E-state index contributed by atoms with van der Waals surface area (Å²) in [6, 6.07) is 0. The second-order valence-electron chi connectivity index (χ2n) is 17.0. The standard InChI is InChI=1S/C50H88NO10P/c1-6-8-10-12-14-16-18-20-21-22-23-24-25-26-28-30-32-34-36-40-50(55)61-46(45-60-62(56,57)59-43-42-51(3,4)5)44-58-49(54)41-37-39-48(53)47(52)38-35-33-31-29-27-19-17-15-13-11-9-7-2/h9,11,14-17,20-21,27,29,33,35,46-48,52-53H,6-8,10,12-13,18-19,22-26,28,30-32,34,36-45H2,1-5H3/b11-9-,16-14-,17-15-,21-20-,29-27-,35-33-/t46-,47+,48+/m1/s1. The summed E-state index contributed by atoms with van der Waals surface area (Å²) >= 11 is 0. The van der Waals surface area contributed by atoms with Gasteiger partial charge >= 0.3 is 11.9 Å². The molecule has 1 unspecified atom stereocenters. The minimum absolute atomic E-state index is 0.0435. The van der Waals surface area contributed by atoms with Gasteiger partial charge in [0, 0.05) is 12.8 Å². The van der Waals surface area contributed by atoms with Gasteiger partial charge in [-0.05, 0) is 83.5 Å². The number of hydrogen-bond donors (Lipinski definition) is 2. The number of carbonyl (C=O) groups is 2. The number of quaternary nitrogens is 1. The molecule has 0 aliphatic rings. The molecule has 0 heterocycles. The van der Waals surface area contributed by atoms with Gasteiger partial charge < -0.3 is 38.1 Å². The first-order valence-electron chi connectivity index (χ1n) is 23.8. The van der Waals surface area contributed by atoms with E-state index >= 15 is 0 Å². The number of likely N-dealkylation sites (N-methyl/N-ethyl adjacent to an activating group) is 1. The zero-order chi connectivity index (χ0) is 46.0. The van der Waals surface area contributed by atoms with Crippen LogP contribution in [0.15, 0.2) is 72.9 Å². The monoisotopic (exact) mass is 894 g/mol. The molecule has 0 saturated carbocycles. The zero-order valence-corrected chi connectivity index (χ0v) is 40.4. The molecule has 0 aliphatic heterocycles. The van der Waals surface area contributed by atoms with Crippen LogP contribution in [0.5, 0.6) is 0 Å². The summed E-state index contributed by atoms with van der Waals surface area (Å²) in [7, 11) is 0.998. The Morgan fingerprint density at radius 3 is 1.66 bits per heavy atom. The van der Waals surface area contributed by atoms with Gasteiger partial charge in [-0.15, -0.1) is 0 Å². The molecule has 0 spiro atoms. The van der Waals surface area contributed by atoms with Gasteiger partial charge in [0.2, 0.25) is 0 Å². The SMILES string of the molecule is CC/C=C\C/C=C\C/C=C\C/C=C\C[C@H](O)[C@@H](O)CCCC(=O)OC[C@H](COP(=O)([O-])OCC[N+](C)(C)C)OC(=O)CCCCCCCCCCC/C=C\C/C=C\CCCCC. The zero-order valence-electron chi connectivity index (χ0n) is 39.5. The third kappa shape index (κ3) is 42.7. The van der Waals surface area contributed by atoms with Gasteiger partial charge in [-0.2, -0.15) is 0 Å². The molecule has 4 atom stereocenters. The Morgan fingerprint density at radius 2 is 1.10 bits per heavy atom. The lowest BCUT2D eigenvalue weighted by Crippen LogP contribution is -2.37. The molecule has 358 valence electrons. The first kappa shape index (κ1) is 59.4. The number of phosphoric ester groups is 1. The van der Waals surface area contributed by atoms with Crippen LogP contribution in [-0.4, -0.2) is 92.5 Å². The Hall–Kier alpha value is -2.63. The molecule has 0 rings (SSSR count). The van der Waals surface area contributed by atoms with Crippen molar-refractivity contribution >= 4 is 19.8 Å². The molecule has 0 radical (unpaired) electrons. The lowest BCUT2D eigenvalue weighted by Gasteiger charge is -2.28. The van der Waals surface area contributed by atoms with Crippen LogP contribution in [0, 0.1) is 0 Å². The Morgan fingerprint density at radius 1 is 0.597 bits per heavy atom. The van der Waals surface area contributed by atoms with E-state index in [2.05, 4.69) is 74.6 Å². The summed E-state index contributed by atoms with van der Waals surface area (Å²) in [5.41, 5.74) is 0. The minimum atomic E-state index is -4.70. The molecule has 62 heavy (non-hydrogen) atoms. The van der Waals surface area contributed by atoms with Gasteiger partial charge in [-0.3, -0.25) is 14.2 Å². The van der Waals surface area contributed by atoms with Crippen LogP contribution in [0.3, 0.4) is 0 Å². The second-order valence-corrected chi connectivity index (χ2v) is 18.5. The van der Waals surface area contributed by atoms with E-state index in [1.54, 1.807) is 0 Å². The predicted octanol–water partition coefficient (Wildman–Crippen LogP) is 11.1. The van der Waals surface area contributed by atoms with Crippen LogP contribution in [0.4, 0.5) is 0 Å². The third-order valence-corrected chi connectivity index (χ3v) is 10.9. The highest BCUT2D eigenvalue weighted by Gasteiger charge is 2.22. The van der Waals surface area contributed by atoms with Crippen LogP contribution < -0.4 is 4.89 Å². The molecule has 0 aliphatic carbocycles. The highest BCUT2D eigenvalue weighted by atomic mass is 31.2. The van der Waals surface area contributed by atoms with Crippen molar-refractivity contribution in [3.05, 3.63) is 72.9 Å². The fourth-order valence-corrected chi connectivity index (χ4v) is 6.79. The van der Waals surface area contributed by atoms with Crippen molar-refractivity contribution in [1.82, 2.24) is 0 Å². The van der Waals surface area contributed by atoms with E-state index in [0.29, 0.717) is 17.4 Å². The molecule has 0 bridgehead atoms. The minimum Gasteiger partial charge on any atom is -0.756 e. The highest BCUT2D eigenvalue weighted by Crippen LogP contribution is 2.38. The summed E-state index contributed by atoms with van der Waals surface area (Å²) < 4.78 is 33.7. The number of rotatable bonds is 42. The number of aliphatic hydroxyl groups is 2. The van der Waals surface area contributed by atoms with Gasteiger partial charge in [0.1, 0.15) is 19.8 Å². The molecular weight excluding hydrogens is 806 g/mol. The normalized spacial score (nSPS) is 15.2. The summed E-state index contributed by atoms with van der Waals surface area (Å²) in [5.74, 6) is -1.13. The quantitative estimate of drug-likeness (QED) is 0.0199. The molecule has 2 N–H and O–H groups in total. The maximum absolute atomic E-state index is 12.7. The first-order chi connectivity index (χ1) is 29.8. The largest absolute Gasteiger partial charge is 0.756 e. The number of ether oxygens (including phenoxy) is 2. The molecule has 0 saturated heterocycles. The van der Waals surface area contributed by atoms with E-state index in [1.165, 1.54) is 57.8 Å². The van der Waals surface area contributed by atoms with Crippen LogP contribution in [-0.2, 0) is 32.7 Å². The van der Waals surface area contributed by atoms with Gasteiger partial charge in [0.05, 0.1) is 40.0 Å². The molecule has 0 amide bonds. The number of hydrogen-bond acceptors (Lipinski definition) is 10.